The van der Waals surface area contributed by atoms with Crippen LogP contribution >= 0.6 is 0 Å². The molecule has 0 saturated heterocycles. The van der Waals surface area contributed by atoms with Gasteiger partial charge in [-0.05, 0) is 24.4 Å². The monoisotopic (exact) mass is 310 g/mol. The molecule has 0 N–H and O–H groups in total. The molecule has 0 saturated carbocycles. The van der Waals surface area contributed by atoms with Crippen LogP contribution in [0.4, 0.5) is 4.79 Å². The van der Waals surface area contributed by atoms with E-state index in [0.29, 0.717) is 0 Å². The summed E-state index contributed by atoms with van der Waals surface area (Å²) in [7, 11) is 0. The van der Waals surface area contributed by atoms with E-state index in [0.717, 1.165) is 11.6 Å². The average molecular weight is 310 g/mol. The van der Waals surface area contributed by atoms with Crippen LogP contribution in [0.15, 0.2) is 43.0 Å². The zero-order chi connectivity index (χ0) is 16.4. The second-order valence-corrected chi connectivity index (χ2v) is 4.58. The summed E-state index contributed by atoms with van der Waals surface area (Å²) in [5.74, 6) is -0.610. The minimum Gasteiger partial charge on any atom is -0.459 e. The van der Waals surface area contributed by atoms with Crippen molar-refractivity contribution in [2.24, 2.45) is 0 Å². The van der Waals surface area contributed by atoms with Crippen LogP contribution in [0.1, 0.15) is 19.4 Å². The maximum Gasteiger partial charge on any atom is 0.542 e. The van der Waals surface area contributed by atoms with Gasteiger partial charge in [0.05, 0.1) is 0 Å². The summed E-state index contributed by atoms with van der Waals surface area (Å²) in [6.07, 6.45) is -0.112. The Labute approximate surface area is 128 Å². The number of esters is 1. The number of rotatable bonds is 8. The van der Waals surface area contributed by atoms with E-state index in [1.807, 2.05) is 30.3 Å². The van der Waals surface area contributed by atoms with Crippen molar-refractivity contribution in [1.82, 2.24) is 0 Å². The molecule has 0 aliphatic heterocycles. The molecule has 0 spiro atoms. The van der Waals surface area contributed by atoms with Gasteiger partial charge in [0.1, 0.15) is 18.8 Å². The van der Waals surface area contributed by atoms with Crippen LogP contribution in [0, 0.1) is 0 Å². The highest BCUT2D eigenvalue weighted by molar-refractivity contribution is 5.81. The van der Waals surface area contributed by atoms with Gasteiger partial charge in [0, 0.05) is 6.08 Å². The molecule has 0 aliphatic rings. The third kappa shape index (κ3) is 6.38. The highest BCUT2D eigenvalue weighted by Crippen LogP contribution is 2.24. The van der Waals surface area contributed by atoms with Crippen LogP contribution in [0.25, 0.3) is 0 Å². The van der Waals surface area contributed by atoms with Crippen LogP contribution in [-0.2, 0) is 34.7 Å². The van der Waals surface area contributed by atoms with E-state index in [-0.39, 0.29) is 13.2 Å². The molecule has 7 heteroatoms. The van der Waals surface area contributed by atoms with Crippen molar-refractivity contribution in [3.8, 4) is 0 Å². The van der Waals surface area contributed by atoms with Gasteiger partial charge in [-0.25, -0.2) is 14.5 Å². The lowest BCUT2D eigenvalue weighted by molar-refractivity contribution is -0.520. The Hall–Kier alpha value is -2.38. The van der Waals surface area contributed by atoms with Gasteiger partial charge in [-0.2, -0.15) is 4.89 Å². The molecule has 120 valence electrons. The summed E-state index contributed by atoms with van der Waals surface area (Å²) >= 11 is 0. The smallest absolute Gasteiger partial charge is 0.459 e. The first-order chi connectivity index (χ1) is 10.5. The lowest BCUT2D eigenvalue weighted by Crippen LogP contribution is -2.23. The van der Waals surface area contributed by atoms with Crippen molar-refractivity contribution in [2.75, 3.05) is 13.2 Å². The van der Waals surface area contributed by atoms with E-state index in [4.69, 9.17) is 4.89 Å². The van der Waals surface area contributed by atoms with Crippen molar-refractivity contribution >= 4 is 12.1 Å². The van der Waals surface area contributed by atoms with Crippen molar-refractivity contribution < 1.29 is 33.9 Å². The van der Waals surface area contributed by atoms with Gasteiger partial charge in [-0.3, -0.25) is 0 Å². The van der Waals surface area contributed by atoms with E-state index < -0.39 is 17.7 Å². The van der Waals surface area contributed by atoms with Gasteiger partial charge in [-0.1, -0.05) is 36.9 Å². The summed E-state index contributed by atoms with van der Waals surface area (Å²) in [5.41, 5.74) is 0.0180. The van der Waals surface area contributed by atoms with E-state index in [9.17, 15) is 9.59 Å². The first-order valence-electron chi connectivity index (χ1n) is 6.49. The third-order valence-corrected chi connectivity index (χ3v) is 2.53. The molecular weight excluding hydrogens is 292 g/mol. The van der Waals surface area contributed by atoms with Gasteiger partial charge in [0.2, 0.25) is 0 Å². The maximum absolute atomic E-state index is 11.2. The molecule has 0 heterocycles. The van der Waals surface area contributed by atoms with Crippen LogP contribution < -0.4 is 0 Å². The molecular formula is C15H18O7. The normalized spacial score (nSPS) is 10.6. The molecule has 0 fully saturated rings. The Kier molecular flexibility index (Phi) is 7.07. The van der Waals surface area contributed by atoms with E-state index in [1.165, 1.54) is 0 Å². The Morgan fingerprint density at radius 1 is 1.14 bits per heavy atom. The van der Waals surface area contributed by atoms with Gasteiger partial charge in [-0.15, -0.1) is 0 Å². The van der Waals surface area contributed by atoms with E-state index >= 15 is 0 Å². The number of hydrogen-bond acceptors (Lipinski definition) is 7. The fraction of sp³-hybridized carbons (Fsp3) is 0.333. The number of benzene rings is 1. The second kappa shape index (κ2) is 8.81. The minimum atomic E-state index is -1.11. The predicted molar refractivity (Wildman–Crippen MR) is 75.2 cm³/mol. The number of ether oxygens (including phenoxy) is 2. The minimum absolute atomic E-state index is 0.115. The molecule has 0 unspecified atom stereocenters. The third-order valence-electron chi connectivity index (χ3n) is 2.53. The van der Waals surface area contributed by atoms with Crippen LogP contribution in [0.3, 0.4) is 0 Å². The van der Waals surface area contributed by atoms with Crippen molar-refractivity contribution in [3.63, 3.8) is 0 Å². The number of carbonyl (C=O) groups is 2. The highest BCUT2D eigenvalue weighted by Gasteiger charge is 2.24. The van der Waals surface area contributed by atoms with Crippen molar-refractivity contribution in [1.29, 1.82) is 0 Å². The number of carbonyl (C=O) groups excluding carboxylic acids is 2. The molecule has 0 amide bonds. The van der Waals surface area contributed by atoms with E-state index in [1.54, 1.807) is 13.8 Å². The Balaban J connectivity index is 2.22. The summed E-state index contributed by atoms with van der Waals surface area (Å²) in [5, 5.41) is 4.42. The van der Waals surface area contributed by atoms with Gasteiger partial charge < -0.3 is 9.47 Å². The lowest BCUT2D eigenvalue weighted by Gasteiger charge is -2.22. The van der Waals surface area contributed by atoms with E-state index in [2.05, 4.69) is 26.0 Å². The molecule has 0 bridgehead atoms. The SMILES string of the molecule is C=CC(=O)OCCOC(=O)OOOC(C)(C)c1ccccc1. The van der Waals surface area contributed by atoms with Gasteiger partial charge in [0.15, 0.2) is 0 Å². The zero-order valence-electron chi connectivity index (χ0n) is 12.4. The molecule has 1 rings (SSSR count). The first-order valence-corrected chi connectivity index (χ1v) is 6.49. The Morgan fingerprint density at radius 2 is 1.77 bits per heavy atom. The topological polar surface area (TPSA) is 80.3 Å². The molecule has 0 atom stereocenters. The molecule has 7 nitrogen and oxygen atoms in total. The average Bonchev–Trinajstić information content (AvgIpc) is 2.52. The second-order valence-electron chi connectivity index (χ2n) is 4.58. The van der Waals surface area contributed by atoms with Crippen LogP contribution in [-0.4, -0.2) is 25.3 Å². The molecule has 0 aliphatic carbocycles. The summed E-state index contributed by atoms with van der Waals surface area (Å²) < 4.78 is 9.18. The number of hydrogen-bond donors (Lipinski definition) is 0. The van der Waals surface area contributed by atoms with Gasteiger partial charge >= 0.3 is 12.1 Å². The van der Waals surface area contributed by atoms with Crippen LogP contribution in [0.5, 0.6) is 0 Å². The molecule has 22 heavy (non-hydrogen) atoms. The Bertz CT molecular complexity index is 496. The van der Waals surface area contributed by atoms with Crippen LogP contribution in [0.2, 0.25) is 0 Å². The standard InChI is InChI=1S/C15H18O7/c1-4-13(16)18-10-11-19-14(17)20-22-21-15(2,3)12-8-6-5-7-9-12/h4-9H,1,10-11H2,2-3H3. The molecule has 1 aromatic rings. The largest absolute Gasteiger partial charge is 0.542 e. The molecule has 1 aromatic carbocycles. The zero-order valence-corrected chi connectivity index (χ0v) is 12.4. The summed E-state index contributed by atoms with van der Waals surface area (Å²) in [6, 6.07) is 9.25. The Morgan fingerprint density at radius 3 is 2.41 bits per heavy atom. The molecule has 0 radical (unpaired) electrons. The fourth-order valence-corrected chi connectivity index (χ4v) is 1.37. The maximum atomic E-state index is 11.2. The van der Waals surface area contributed by atoms with Crippen molar-refractivity contribution in [3.05, 3.63) is 48.6 Å². The lowest BCUT2D eigenvalue weighted by atomic mass is 9.99. The quantitative estimate of drug-likeness (QED) is 0.240. The molecule has 0 aromatic heterocycles. The predicted octanol–water partition coefficient (Wildman–Crippen LogP) is 2.67. The van der Waals surface area contributed by atoms with Crippen molar-refractivity contribution in [2.45, 2.75) is 19.4 Å². The first kappa shape index (κ1) is 17.7. The summed E-state index contributed by atoms with van der Waals surface area (Å²) in [4.78, 5) is 31.2. The fourth-order valence-electron chi connectivity index (χ4n) is 1.37. The van der Waals surface area contributed by atoms with Gasteiger partial charge in [0.25, 0.3) is 0 Å². The summed E-state index contributed by atoms with van der Waals surface area (Å²) in [6.45, 7) is 6.41. The highest BCUT2D eigenvalue weighted by atomic mass is 17.5.